The van der Waals surface area contributed by atoms with Crippen LogP contribution in [0.1, 0.15) is 115 Å². The Morgan fingerprint density at radius 3 is 2.13 bits per heavy atom. The van der Waals surface area contributed by atoms with Gasteiger partial charge in [0.25, 0.3) is 0 Å². The number of aromatic nitrogens is 3. The molecular formula is C37H48N4O5. The molecule has 9 nitrogen and oxygen atoms in total. The number of imide groups is 1. The number of benzene rings is 1. The third-order valence-electron chi connectivity index (χ3n) is 8.94. The first-order valence-electron chi connectivity index (χ1n) is 16.8. The molecule has 2 heterocycles. The molecule has 0 spiro atoms. The topological polar surface area (TPSA) is 95.8 Å². The first-order valence-corrected chi connectivity index (χ1v) is 16.8. The fraction of sp³-hybridized carbons (Fsp3) is 0.568. The van der Waals surface area contributed by atoms with Gasteiger partial charge in [0.05, 0.1) is 30.1 Å². The maximum Gasteiger partial charge on any atom is 0.419 e. The van der Waals surface area contributed by atoms with Gasteiger partial charge in [0.15, 0.2) is 0 Å². The van der Waals surface area contributed by atoms with E-state index < -0.39 is 23.4 Å². The average molecular weight is 629 g/mol. The first kappa shape index (κ1) is 32.2. The van der Waals surface area contributed by atoms with E-state index >= 15 is 0 Å². The van der Waals surface area contributed by atoms with Gasteiger partial charge in [-0.25, -0.2) is 14.5 Å². The SMILES string of the molecule is CC(C)(C)OC(=O)N(CC1CC(n2cc(-c3ncccc3C3CC(OCc4ccccc4)C3)c(C3CC3)n2)C1)C(=O)OC(C)(C)C. The van der Waals surface area contributed by atoms with Crippen LogP contribution >= 0.6 is 0 Å². The van der Waals surface area contributed by atoms with Crippen molar-refractivity contribution < 1.29 is 23.8 Å². The van der Waals surface area contributed by atoms with Crippen molar-refractivity contribution in [2.24, 2.45) is 5.92 Å². The summed E-state index contributed by atoms with van der Waals surface area (Å²) in [7, 11) is 0. The molecule has 1 aromatic carbocycles. The van der Waals surface area contributed by atoms with Gasteiger partial charge in [0, 0.05) is 30.4 Å². The van der Waals surface area contributed by atoms with E-state index in [4.69, 9.17) is 24.3 Å². The van der Waals surface area contributed by atoms with Crippen LogP contribution in [0.4, 0.5) is 9.59 Å². The monoisotopic (exact) mass is 628 g/mol. The number of nitrogens with zero attached hydrogens (tertiary/aromatic N) is 4. The molecule has 0 radical (unpaired) electrons. The molecule has 3 saturated carbocycles. The van der Waals surface area contributed by atoms with E-state index in [-0.39, 0.29) is 24.6 Å². The van der Waals surface area contributed by atoms with Crippen LogP contribution in [0.2, 0.25) is 0 Å². The van der Waals surface area contributed by atoms with E-state index in [0.717, 1.165) is 60.4 Å². The minimum atomic E-state index is -0.718. The van der Waals surface area contributed by atoms with Crippen LogP contribution < -0.4 is 0 Å². The Morgan fingerprint density at radius 1 is 0.870 bits per heavy atom. The second kappa shape index (κ2) is 12.8. The van der Waals surface area contributed by atoms with Crippen LogP contribution in [-0.2, 0) is 20.8 Å². The summed E-state index contributed by atoms with van der Waals surface area (Å²) in [6.45, 7) is 11.7. The highest BCUT2D eigenvalue weighted by Gasteiger charge is 2.40. The lowest BCUT2D eigenvalue weighted by Crippen LogP contribution is -2.47. The highest BCUT2D eigenvalue weighted by Crippen LogP contribution is 2.48. The number of carbonyl (C=O) groups excluding carboxylic acids is 2. The number of pyridine rings is 1. The number of carbonyl (C=O) groups is 2. The second-order valence-electron chi connectivity index (χ2n) is 15.3. The van der Waals surface area contributed by atoms with E-state index in [0.29, 0.717) is 18.4 Å². The van der Waals surface area contributed by atoms with Crippen LogP contribution in [0, 0.1) is 5.92 Å². The predicted molar refractivity (Wildman–Crippen MR) is 175 cm³/mol. The molecule has 2 amide bonds. The summed E-state index contributed by atoms with van der Waals surface area (Å²) in [5.41, 5.74) is 4.37. The average Bonchev–Trinajstić information content (AvgIpc) is 3.69. The van der Waals surface area contributed by atoms with Gasteiger partial charge in [-0.2, -0.15) is 5.10 Å². The second-order valence-corrected chi connectivity index (χ2v) is 15.3. The van der Waals surface area contributed by atoms with Gasteiger partial charge in [-0.05, 0) is 109 Å². The fourth-order valence-corrected chi connectivity index (χ4v) is 6.33. The van der Waals surface area contributed by atoms with Crippen molar-refractivity contribution in [2.45, 2.75) is 122 Å². The highest BCUT2D eigenvalue weighted by molar-refractivity contribution is 5.88. The van der Waals surface area contributed by atoms with E-state index in [2.05, 4.69) is 29.1 Å². The molecule has 0 N–H and O–H groups in total. The maximum atomic E-state index is 13.0. The third kappa shape index (κ3) is 7.80. The Balaban J connectivity index is 1.12. The minimum absolute atomic E-state index is 0.135. The molecule has 0 unspecified atom stereocenters. The van der Waals surface area contributed by atoms with Crippen molar-refractivity contribution in [1.82, 2.24) is 19.7 Å². The molecule has 246 valence electrons. The van der Waals surface area contributed by atoms with Crippen molar-refractivity contribution in [3.8, 4) is 11.3 Å². The number of hydrogen-bond acceptors (Lipinski definition) is 7. The molecule has 46 heavy (non-hydrogen) atoms. The highest BCUT2D eigenvalue weighted by atomic mass is 16.6. The van der Waals surface area contributed by atoms with Crippen molar-refractivity contribution in [3.63, 3.8) is 0 Å². The molecule has 3 aliphatic carbocycles. The molecule has 0 atom stereocenters. The van der Waals surface area contributed by atoms with E-state index in [1.165, 1.54) is 11.1 Å². The molecule has 0 bridgehead atoms. The molecule has 0 saturated heterocycles. The van der Waals surface area contributed by atoms with Crippen molar-refractivity contribution in [1.29, 1.82) is 0 Å². The number of ether oxygens (including phenoxy) is 3. The van der Waals surface area contributed by atoms with Gasteiger partial charge in [0.2, 0.25) is 0 Å². The third-order valence-corrected chi connectivity index (χ3v) is 8.94. The summed E-state index contributed by atoms with van der Waals surface area (Å²) < 4.78 is 19.4. The molecule has 3 fully saturated rings. The van der Waals surface area contributed by atoms with Crippen molar-refractivity contribution >= 4 is 12.2 Å². The zero-order valence-electron chi connectivity index (χ0n) is 28.1. The molecule has 9 heteroatoms. The minimum Gasteiger partial charge on any atom is -0.443 e. The standard InChI is InChI=1S/C37H48N4O5/c1-36(2,3)45-34(42)40(35(43)46-37(4,5)6)21-25-17-28(18-25)41-22-31(32(39-41)26-14-15-26)33-30(13-10-16-38-33)27-19-29(20-27)44-23-24-11-8-7-9-12-24/h7-13,16,22,25-29H,14-15,17-21,23H2,1-6H3. The lowest BCUT2D eigenvalue weighted by atomic mass is 9.76. The van der Waals surface area contributed by atoms with Gasteiger partial charge < -0.3 is 14.2 Å². The van der Waals surface area contributed by atoms with Crippen molar-refractivity contribution in [2.75, 3.05) is 6.54 Å². The Morgan fingerprint density at radius 2 is 1.52 bits per heavy atom. The van der Waals surface area contributed by atoms with Gasteiger partial charge in [-0.1, -0.05) is 36.4 Å². The Hall–Kier alpha value is -3.72. The zero-order chi connectivity index (χ0) is 32.6. The van der Waals surface area contributed by atoms with Gasteiger partial charge in [0.1, 0.15) is 11.2 Å². The Kier molecular flexibility index (Phi) is 8.98. The molecule has 6 rings (SSSR count). The van der Waals surface area contributed by atoms with E-state index in [1.807, 2.05) is 30.5 Å². The van der Waals surface area contributed by atoms with Gasteiger partial charge in [-0.15, -0.1) is 0 Å². The van der Waals surface area contributed by atoms with E-state index in [1.54, 1.807) is 41.5 Å². The summed E-state index contributed by atoms with van der Waals surface area (Å²) in [6.07, 6.45) is 8.90. The summed E-state index contributed by atoms with van der Waals surface area (Å²) >= 11 is 0. The number of rotatable bonds is 9. The fourth-order valence-electron chi connectivity index (χ4n) is 6.33. The smallest absolute Gasteiger partial charge is 0.419 e. The van der Waals surface area contributed by atoms with Crippen LogP contribution in [0.5, 0.6) is 0 Å². The predicted octanol–water partition coefficient (Wildman–Crippen LogP) is 8.41. The molecule has 3 aliphatic rings. The Labute approximate surface area is 272 Å². The normalized spacial score (nSPS) is 22.8. The quantitative estimate of drug-likeness (QED) is 0.235. The molecule has 0 aliphatic heterocycles. The maximum absolute atomic E-state index is 13.0. The van der Waals surface area contributed by atoms with E-state index in [9.17, 15) is 9.59 Å². The molecule has 2 aromatic heterocycles. The van der Waals surface area contributed by atoms with Crippen LogP contribution in [0.15, 0.2) is 54.9 Å². The summed E-state index contributed by atoms with van der Waals surface area (Å²) in [5, 5.41) is 5.13. The first-order chi connectivity index (χ1) is 21.8. The van der Waals surface area contributed by atoms with Crippen LogP contribution in [-0.4, -0.2) is 55.7 Å². The van der Waals surface area contributed by atoms with Crippen LogP contribution in [0.3, 0.4) is 0 Å². The van der Waals surface area contributed by atoms with Gasteiger partial charge >= 0.3 is 12.2 Å². The van der Waals surface area contributed by atoms with Crippen molar-refractivity contribution in [3.05, 3.63) is 71.7 Å². The largest absolute Gasteiger partial charge is 0.443 e. The lowest BCUT2D eigenvalue weighted by Gasteiger charge is -2.38. The zero-order valence-corrected chi connectivity index (χ0v) is 28.1. The summed E-state index contributed by atoms with van der Waals surface area (Å²) in [5.74, 6) is 1.02. The Bertz CT molecular complexity index is 1500. The summed E-state index contributed by atoms with van der Waals surface area (Å²) in [4.78, 5) is 32.0. The number of hydrogen-bond donors (Lipinski definition) is 0. The van der Waals surface area contributed by atoms with Gasteiger partial charge in [-0.3, -0.25) is 9.67 Å². The van der Waals surface area contributed by atoms with Crippen LogP contribution in [0.25, 0.3) is 11.3 Å². The molecular weight excluding hydrogens is 580 g/mol. The molecule has 3 aromatic rings. The number of amides is 2. The lowest BCUT2D eigenvalue weighted by molar-refractivity contribution is -0.0206. The summed E-state index contributed by atoms with van der Waals surface area (Å²) in [6, 6.07) is 14.8.